The minimum Gasteiger partial charge on any atom is -0.338 e. The van der Waals surface area contributed by atoms with Crippen molar-refractivity contribution in [1.29, 1.82) is 0 Å². The van der Waals surface area contributed by atoms with Crippen LogP contribution in [0.4, 0.5) is 0 Å². The number of aromatic amines is 1. The van der Waals surface area contributed by atoms with Crippen molar-refractivity contribution < 1.29 is 0 Å². The molecule has 0 unspecified atom stereocenters. The second-order valence-corrected chi connectivity index (χ2v) is 5.91. The van der Waals surface area contributed by atoms with Gasteiger partial charge >= 0.3 is 0 Å². The lowest BCUT2D eigenvalue weighted by Gasteiger charge is -2.18. The van der Waals surface area contributed by atoms with Gasteiger partial charge in [0.25, 0.3) is 0 Å². The zero-order valence-electron chi connectivity index (χ0n) is 13.4. The van der Waals surface area contributed by atoms with E-state index < -0.39 is 0 Å². The van der Waals surface area contributed by atoms with Crippen LogP contribution < -0.4 is 0 Å². The predicted octanol–water partition coefficient (Wildman–Crippen LogP) is 5.61. The Morgan fingerprint density at radius 3 is 1.95 bits per heavy atom. The summed E-state index contributed by atoms with van der Waals surface area (Å²) >= 11 is 0. The summed E-state index contributed by atoms with van der Waals surface area (Å²) in [6.45, 7) is 16.5. The lowest BCUT2D eigenvalue weighted by Crippen LogP contribution is -2.00. The van der Waals surface area contributed by atoms with E-state index >= 15 is 0 Å². The van der Waals surface area contributed by atoms with Crippen LogP contribution in [-0.4, -0.2) is 9.97 Å². The average molecular weight is 280 g/mol. The fourth-order valence-electron chi connectivity index (χ4n) is 2.65. The van der Waals surface area contributed by atoms with Gasteiger partial charge in [0.05, 0.1) is 11.4 Å². The maximum absolute atomic E-state index is 4.71. The monoisotopic (exact) mass is 280 g/mol. The number of hydrogen-bond acceptors (Lipinski definition) is 1. The fourth-order valence-corrected chi connectivity index (χ4v) is 2.65. The summed E-state index contributed by atoms with van der Waals surface area (Å²) in [7, 11) is 0. The van der Waals surface area contributed by atoms with E-state index in [4.69, 9.17) is 4.98 Å². The molecule has 0 saturated carbocycles. The summed E-state index contributed by atoms with van der Waals surface area (Å²) in [6.07, 6.45) is 3.56. The number of nitrogens with one attached hydrogen (secondary N) is 1. The third-order valence-corrected chi connectivity index (χ3v) is 3.77. The van der Waals surface area contributed by atoms with Gasteiger partial charge in [-0.1, -0.05) is 59.1 Å². The Balaban J connectivity index is 2.74. The number of aromatic nitrogens is 2. The van der Waals surface area contributed by atoms with Crippen LogP contribution in [0, 0.1) is 0 Å². The van der Waals surface area contributed by atoms with Crippen LogP contribution in [0.3, 0.4) is 0 Å². The molecule has 2 rings (SSSR count). The molecule has 2 heteroatoms. The molecule has 0 amide bonds. The molecule has 0 radical (unpaired) electrons. The molecule has 0 aliphatic carbocycles. The molecule has 0 aliphatic heterocycles. The second-order valence-electron chi connectivity index (χ2n) is 5.91. The van der Waals surface area contributed by atoms with Crippen LogP contribution in [0.5, 0.6) is 0 Å². The molecule has 0 saturated heterocycles. The largest absolute Gasteiger partial charge is 0.338 e. The SMILES string of the molecule is C=Cc1nc(-c2c(C(C)C)cccc2C(C)C)[nH]c1C=C. The highest BCUT2D eigenvalue weighted by atomic mass is 14.9. The summed E-state index contributed by atoms with van der Waals surface area (Å²) in [6, 6.07) is 6.52. The smallest absolute Gasteiger partial charge is 0.139 e. The number of benzene rings is 1. The van der Waals surface area contributed by atoms with E-state index in [1.165, 1.54) is 16.7 Å². The molecule has 0 bridgehead atoms. The van der Waals surface area contributed by atoms with E-state index in [0.29, 0.717) is 11.8 Å². The standard InChI is InChI=1S/C19H24N2/c1-7-16-17(8-2)21-19(20-16)18-14(12(3)4)10-9-11-15(18)13(5)6/h7-13H,1-2H2,3-6H3,(H,20,21). The van der Waals surface area contributed by atoms with E-state index in [-0.39, 0.29) is 0 Å². The number of hydrogen-bond donors (Lipinski definition) is 1. The van der Waals surface area contributed by atoms with E-state index in [1.54, 1.807) is 12.2 Å². The normalized spacial score (nSPS) is 11.1. The van der Waals surface area contributed by atoms with E-state index in [0.717, 1.165) is 17.2 Å². The van der Waals surface area contributed by atoms with Crippen molar-refractivity contribution in [2.75, 3.05) is 0 Å². The van der Waals surface area contributed by atoms with Crippen molar-refractivity contribution in [2.24, 2.45) is 0 Å². The molecule has 0 aliphatic rings. The van der Waals surface area contributed by atoms with Gasteiger partial charge in [0.2, 0.25) is 0 Å². The molecular formula is C19H24N2. The van der Waals surface area contributed by atoms with Crippen LogP contribution >= 0.6 is 0 Å². The molecule has 0 atom stereocenters. The Labute approximate surface area is 127 Å². The molecule has 0 spiro atoms. The summed E-state index contributed by atoms with van der Waals surface area (Å²) in [5.74, 6) is 1.80. The van der Waals surface area contributed by atoms with Gasteiger partial charge in [-0.25, -0.2) is 4.98 Å². The van der Waals surface area contributed by atoms with Gasteiger partial charge in [-0.3, -0.25) is 0 Å². The van der Waals surface area contributed by atoms with Crippen molar-refractivity contribution in [3.63, 3.8) is 0 Å². The molecule has 110 valence electrons. The molecule has 1 aromatic heterocycles. The molecule has 0 fully saturated rings. The first-order valence-corrected chi connectivity index (χ1v) is 7.47. The third kappa shape index (κ3) is 2.85. The first-order chi connectivity index (χ1) is 9.99. The maximum atomic E-state index is 4.71. The molecule has 1 heterocycles. The van der Waals surface area contributed by atoms with E-state index in [2.05, 4.69) is 64.0 Å². The summed E-state index contributed by atoms with van der Waals surface area (Å²) in [5.41, 5.74) is 5.64. The zero-order chi connectivity index (χ0) is 15.6. The highest BCUT2D eigenvalue weighted by Crippen LogP contribution is 2.35. The molecule has 2 nitrogen and oxygen atoms in total. The van der Waals surface area contributed by atoms with E-state index in [1.807, 2.05) is 0 Å². The Hall–Kier alpha value is -2.09. The van der Waals surface area contributed by atoms with Crippen LogP contribution in [0.1, 0.15) is 62.0 Å². The number of H-pyrrole nitrogens is 1. The second kappa shape index (κ2) is 6.13. The third-order valence-electron chi connectivity index (χ3n) is 3.77. The molecule has 1 N–H and O–H groups in total. The lowest BCUT2D eigenvalue weighted by molar-refractivity contribution is 0.835. The lowest BCUT2D eigenvalue weighted by atomic mass is 9.88. The van der Waals surface area contributed by atoms with Crippen molar-refractivity contribution in [2.45, 2.75) is 39.5 Å². The number of imidazole rings is 1. The Kier molecular flexibility index (Phi) is 4.46. The van der Waals surface area contributed by atoms with Crippen molar-refractivity contribution in [3.05, 3.63) is 53.9 Å². The van der Waals surface area contributed by atoms with Gasteiger partial charge in [-0.05, 0) is 35.1 Å². The van der Waals surface area contributed by atoms with Crippen LogP contribution in [0.2, 0.25) is 0 Å². The molecule has 2 aromatic rings. The van der Waals surface area contributed by atoms with Gasteiger partial charge in [0, 0.05) is 5.56 Å². The fraction of sp³-hybridized carbons (Fsp3) is 0.316. The van der Waals surface area contributed by atoms with E-state index in [9.17, 15) is 0 Å². The minimum absolute atomic E-state index is 0.447. The Morgan fingerprint density at radius 2 is 1.57 bits per heavy atom. The van der Waals surface area contributed by atoms with Crippen molar-refractivity contribution >= 4 is 12.2 Å². The maximum Gasteiger partial charge on any atom is 0.139 e. The molecular weight excluding hydrogens is 256 g/mol. The van der Waals surface area contributed by atoms with Gasteiger partial charge in [0.15, 0.2) is 0 Å². The van der Waals surface area contributed by atoms with Gasteiger partial charge in [0.1, 0.15) is 5.82 Å². The van der Waals surface area contributed by atoms with Crippen LogP contribution in [0.15, 0.2) is 31.4 Å². The first kappa shape index (κ1) is 15.3. The van der Waals surface area contributed by atoms with Gasteiger partial charge in [-0.15, -0.1) is 0 Å². The summed E-state index contributed by atoms with van der Waals surface area (Å²) in [4.78, 5) is 8.10. The van der Waals surface area contributed by atoms with Crippen LogP contribution in [0.25, 0.3) is 23.5 Å². The summed E-state index contributed by atoms with van der Waals surface area (Å²) < 4.78 is 0. The van der Waals surface area contributed by atoms with Gasteiger partial charge < -0.3 is 4.98 Å². The Morgan fingerprint density at radius 1 is 1.00 bits per heavy atom. The predicted molar refractivity (Wildman–Crippen MR) is 92.4 cm³/mol. The van der Waals surface area contributed by atoms with Crippen molar-refractivity contribution in [1.82, 2.24) is 9.97 Å². The van der Waals surface area contributed by atoms with Crippen LogP contribution in [-0.2, 0) is 0 Å². The quantitative estimate of drug-likeness (QED) is 0.757. The zero-order valence-corrected chi connectivity index (χ0v) is 13.4. The average Bonchev–Trinajstić information content (AvgIpc) is 2.89. The first-order valence-electron chi connectivity index (χ1n) is 7.47. The molecule has 21 heavy (non-hydrogen) atoms. The highest BCUT2D eigenvalue weighted by molar-refractivity contribution is 5.71. The van der Waals surface area contributed by atoms with Gasteiger partial charge in [-0.2, -0.15) is 0 Å². The minimum atomic E-state index is 0.447. The van der Waals surface area contributed by atoms with Crippen molar-refractivity contribution in [3.8, 4) is 11.4 Å². The highest BCUT2D eigenvalue weighted by Gasteiger charge is 2.18. The number of rotatable bonds is 5. The Bertz CT molecular complexity index is 608. The number of nitrogens with zero attached hydrogens (tertiary/aromatic N) is 1. The molecule has 1 aromatic carbocycles. The summed E-state index contributed by atoms with van der Waals surface area (Å²) in [5, 5.41) is 0. The topological polar surface area (TPSA) is 28.7 Å².